The molecule has 0 fully saturated rings. The van der Waals surface area contributed by atoms with E-state index in [4.69, 9.17) is 0 Å². The van der Waals surface area contributed by atoms with Gasteiger partial charge in [-0.25, -0.2) is 8.42 Å². The van der Waals surface area contributed by atoms with Gasteiger partial charge in [-0.15, -0.1) is 0 Å². The summed E-state index contributed by atoms with van der Waals surface area (Å²) in [5.41, 5.74) is 2.41. The second-order valence-electron chi connectivity index (χ2n) is 5.71. The lowest BCUT2D eigenvalue weighted by atomic mass is 10.2. The van der Waals surface area contributed by atoms with Crippen molar-refractivity contribution in [3.05, 3.63) is 65.7 Å². The molecule has 25 heavy (non-hydrogen) atoms. The molecule has 2 amide bonds. The number of aryl methyl sites for hydroxylation is 1. The van der Waals surface area contributed by atoms with E-state index in [1.165, 1.54) is 0 Å². The average Bonchev–Trinajstić information content (AvgIpc) is 2.55. The molecule has 0 saturated carbocycles. The van der Waals surface area contributed by atoms with Crippen LogP contribution in [0.4, 0.5) is 5.69 Å². The van der Waals surface area contributed by atoms with Gasteiger partial charge in [-0.05, 0) is 24.6 Å². The molecule has 2 rings (SSSR count). The first-order valence-electron chi connectivity index (χ1n) is 7.72. The zero-order valence-corrected chi connectivity index (χ0v) is 14.7. The number of nitrogens with one attached hydrogen (secondary N) is 2. The summed E-state index contributed by atoms with van der Waals surface area (Å²) in [4.78, 5) is 23.6. The molecule has 2 aromatic rings. The van der Waals surface area contributed by atoms with Crippen LogP contribution in [0.25, 0.3) is 0 Å². The van der Waals surface area contributed by atoms with Crippen molar-refractivity contribution in [2.24, 2.45) is 0 Å². The van der Waals surface area contributed by atoms with Gasteiger partial charge in [0.05, 0.1) is 0 Å². The topological polar surface area (TPSA) is 92.3 Å². The molecule has 0 aromatic heterocycles. The molecule has 0 unspecified atom stereocenters. The lowest BCUT2D eigenvalue weighted by Crippen LogP contribution is -2.33. The summed E-state index contributed by atoms with van der Waals surface area (Å²) in [5, 5.41) is 5.04. The van der Waals surface area contributed by atoms with Gasteiger partial charge in [0.25, 0.3) is 0 Å². The van der Waals surface area contributed by atoms with E-state index in [1.54, 1.807) is 24.3 Å². The van der Waals surface area contributed by atoms with Crippen molar-refractivity contribution in [3.8, 4) is 0 Å². The van der Waals surface area contributed by atoms with E-state index in [0.717, 1.165) is 11.1 Å². The minimum atomic E-state index is -3.84. The van der Waals surface area contributed by atoms with Gasteiger partial charge in [0, 0.05) is 12.2 Å². The Morgan fingerprint density at radius 3 is 2.12 bits per heavy atom. The third-order valence-corrected chi connectivity index (χ3v) is 4.77. The molecule has 132 valence electrons. The van der Waals surface area contributed by atoms with Crippen LogP contribution in [0.3, 0.4) is 0 Å². The minimum absolute atomic E-state index is 0.241. The second kappa shape index (κ2) is 8.43. The highest BCUT2D eigenvalue weighted by atomic mass is 32.2. The Morgan fingerprint density at radius 2 is 1.48 bits per heavy atom. The highest BCUT2D eigenvalue weighted by molar-refractivity contribution is 7.92. The maximum Gasteiger partial charge on any atom is 0.239 e. The monoisotopic (exact) mass is 360 g/mol. The van der Waals surface area contributed by atoms with E-state index in [1.807, 2.05) is 37.3 Å². The first-order valence-corrected chi connectivity index (χ1v) is 9.54. The van der Waals surface area contributed by atoms with Crippen molar-refractivity contribution >= 4 is 27.3 Å². The number of amides is 2. The molecule has 0 saturated heterocycles. The van der Waals surface area contributed by atoms with Gasteiger partial charge in [0.1, 0.15) is 11.5 Å². The Hall–Kier alpha value is -2.67. The van der Waals surface area contributed by atoms with Crippen LogP contribution in [0.5, 0.6) is 0 Å². The molecule has 0 atom stereocenters. The van der Waals surface area contributed by atoms with Crippen LogP contribution >= 0.6 is 0 Å². The molecule has 0 bridgehead atoms. The first-order chi connectivity index (χ1) is 11.8. The Bertz CT molecular complexity index is 831. The maximum atomic E-state index is 12.0. The standard InChI is InChI=1S/C18H20N2O4S/c1-14-7-9-16(10-8-14)20-18(22)13-25(23,24)12-17(21)19-11-15-5-3-2-4-6-15/h2-10H,11-13H2,1H3,(H,19,21)(H,20,22). The molecule has 0 radical (unpaired) electrons. The summed E-state index contributed by atoms with van der Waals surface area (Å²) < 4.78 is 24.0. The molecular formula is C18H20N2O4S. The molecule has 2 aromatic carbocycles. The number of sulfone groups is 1. The molecular weight excluding hydrogens is 340 g/mol. The predicted molar refractivity (Wildman–Crippen MR) is 96.8 cm³/mol. The van der Waals surface area contributed by atoms with Crippen LogP contribution in [-0.4, -0.2) is 31.7 Å². The van der Waals surface area contributed by atoms with Gasteiger partial charge in [-0.1, -0.05) is 48.0 Å². The van der Waals surface area contributed by atoms with Crippen LogP contribution in [0.2, 0.25) is 0 Å². The van der Waals surface area contributed by atoms with Crippen molar-refractivity contribution in [2.75, 3.05) is 16.8 Å². The Morgan fingerprint density at radius 1 is 0.880 bits per heavy atom. The third-order valence-electron chi connectivity index (χ3n) is 3.37. The molecule has 0 heterocycles. The molecule has 0 aliphatic heterocycles. The van der Waals surface area contributed by atoms with Gasteiger partial charge in [-0.3, -0.25) is 9.59 Å². The summed E-state index contributed by atoms with van der Waals surface area (Å²) in [7, 11) is -3.84. The number of anilines is 1. The summed E-state index contributed by atoms with van der Waals surface area (Å²) in [5.74, 6) is -2.76. The van der Waals surface area contributed by atoms with Crippen molar-refractivity contribution in [3.63, 3.8) is 0 Å². The fourth-order valence-electron chi connectivity index (χ4n) is 2.13. The number of rotatable bonds is 7. The second-order valence-corrected chi connectivity index (χ2v) is 7.77. The highest BCUT2D eigenvalue weighted by Crippen LogP contribution is 2.08. The van der Waals surface area contributed by atoms with Gasteiger partial charge in [0.2, 0.25) is 11.8 Å². The molecule has 2 N–H and O–H groups in total. The van der Waals surface area contributed by atoms with Gasteiger partial charge >= 0.3 is 0 Å². The van der Waals surface area contributed by atoms with Gasteiger partial charge in [0.15, 0.2) is 9.84 Å². The van der Waals surface area contributed by atoms with Crippen LogP contribution in [0.15, 0.2) is 54.6 Å². The SMILES string of the molecule is Cc1ccc(NC(=O)CS(=O)(=O)CC(=O)NCc2ccccc2)cc1. The summed E-state index contributed by atoms with van der Waals surface area (Å²) in [6.45, 7) is 2.15. The lowest BCUT2D eigenvalue weighted by Gasteiger charge is -2.08. The summed E-state index contributed by atoms with van der Waals surface area (Å²) in [6.07, 6.45) is 0. The van der Waals surface area contributed by atoms with Crippen LogP contribution < -0.4 is 10.6 Å². The minimum Gasteiger partial charge on any atom is -0.351 e. The van der Waals surface area contributed by atoms with Crippen LogP contribution in [-0.2, 0) is 26.0 Å². The molecule has 0 aliphatic rings. The van der Waals surface area contributed by atoms with E-state index in [-0.39, 0.29) is 6.54 Å². The van der Waals surface area contributed by atoms with Crippen molar-refractivity contribution in [2.45, 2.75) is 13.5 Å². The normalized spacial score (nSPS) is 10.9. The maximum absolute atomic E-state index is 12.0. The Kier molecular flexibility index (Phi) is 6.30. The van der Waals surface area contributed by atoms with E-state index in [2.05, 4.69) is 10.6 Å². The van der Waals surface area contributed by atoms with Crippen molar-refractivity contribution < 1.29 is 18.0 Å². The van der Waals surface area contributed by atoms with E-state index in [9.17, 15) is 18.0 Å². The third kappa shape index (κ3) is 6.76. The quantitative estimate of drug-likeness (QED) is 0.785. The Balaban J connectivity index is 1.82. The lowest BCUT2D eigenvalue weighted by molar-refractivity contribution is -0.118. The predicted octanol–water partition coefficient (Wildman–Crippen LogP) is 1.66. The Labute approximate surface area is 147 Å². The zero-order valence-electron chi connectivity index (χ0n) is 13.9. The average molecular weight is 360 g/mol. The molecule has 0 aliphatic carbocycles. The zero-order chi connectivity index (χ0) is 18.3. The largest absolute Gasteiger partial charge is 0.351 e. The first kappa shape index (κ1) is 18.7. The smallest absolute Gasteiger partial charge is 0.239 e. The van der Waals surface area contributed by atoms with Crippen molar-refractivity contribution in [1.29, 1.82) is 0 Å². The fraction of sp³-hybridized carbons (Fsp3) is 0.222. The number of carbonyl (C=O) groups excluding carboxylic acids is 2. The number of benzene rings is 2. The highest BCUT2D eigenvalue weighted by Gasteiger charge is 2.20. The fourth-order valence-corrected chi connectivity index (χ4v) is 3.21. The van der Waals surface area contributed by atoms with Gasteiger partial charge in [-0.2, -0.15) is 0 Å². The van der Waals surface area contributed by atoms with Gasteiger partial charge < -0.3 is 10.6 Å². The summed E-state index contributed by atoms with van der Waals surface area (Å²) in [6, 6.07) is 16.1. The number of carbonyl (C=O) groups is 2. The van der Waals surface area contributed by atoms with Crippen molar-refractivity contribution in [1.82, 2.24) is 5.32 Å². The molecule has 7 heteroatoms. The van der Waals surface area contributed by atoms with E-state index < -0.39 is 33.2 Å². The van der Waals surface area contributed by atoms with E-state index in [0.29, 0.717) is 5.69 Å². The molecule has 6 nitrogen and oxygen atoms in total. The number of hydrogen-bond acceptors (Lipinski definition) is 4. The van der Waals surface area contributed by atoms with E-state index >= 15 is 0 Å². The van der Waals surface area contributed by atoms with Crippen LogP contribution in [0.1, 0.15) is 11.1 Å². The molecule has 0 spiro atoms. The van der Waals surface area contributed by atoms with Crippen LogP contribution in [0, 0.1) is 6.92 Å². The number of hydrogen-bond donors (Lipinski definition) is 2. The summed E-state index contributed by atoms with van der Waals surface area (Å²) >= 11 is 0.